The molecule has 0 aromatic carbocycles. The Morgan fingerprint density at radius 3 is 2.54 bits per heavy atom. The van der Waals surface area contributed by atoms with Gasteiger partial charge in [-0.15, -0.1) is 0 Å². The molecular weight excluding hydrogens is 362 g/mol. The summed E-state index contributed by atoms with van der Waals surface area (Å²) < 4.78 is 28.0. The molecule has 0 bridgehead atoms. The lowest BCUT2D eigenvalue weighted by molar-refractivity contribution is -0.260. The number of aliphatic hydroxyl groups is 1. The summed E-state index contributed by atoms with van der Waals surface area (Å²) >= 11 is 0. The maximum atomic E-state index is 10.6. The van der Waals surface area contributed by atoms with Gasteiger partial charge < -0.3 is 34.5 Å². The van der Waals surface area contributed by atoms with Crippen molar-refractivity contribution in [2.45, 2.75) is 95.5 Å². The van der Waals surface area contributed by atoms with E-state index in [0.29, 0.717) is 6.61 Å². The van der Waals surface area contributed by atoms with Gasteiger partial charge in [0.2, 0.25) is 6.29 Å². The molecule has 0 radical (unpaired) electrons. The van der Waals surface area contributed by atoms with Crippen LogP contribution in [0.25, 0.3) is 0 Å². The molecule has 28 heavy (non-hydrogen) atoms. The van der Waals surface area contributed by atoms with Crippen LogP contribution in [-0.2, 0) is 23.7 Å². The van der Waals surface area contributed by atoms with Crippen molar-refractivity contribution in [2.24, 2.45) is 5.73 Å². The predicted octanol–water partition coefficient (Wildman–Crippen LogP) is 2.75. The van der Waals surface area contributed by atoms with E-state index in [4.69, 9.17) is 29.4 Å². The zero-order valence-corrected chi connectivity index (χ0v) is 18.0. The van der Waals surface area contributed by atoms with Crippen LogP contribution in [0.3, 0.4) is 0 Å². The molecule has 1 aliphatic rings. The summed E-state index contributed by atoms with van der Waals surface area (Å²) in [6.45, 7) is 4.76. The van der Waals surface area contributed by atoms with Crippen molar-refractivity contribution in [1.29, 1.82) is 0 Å². The smallest absolute Gasteiger partial charge is 0.217 e. The second-order valence-electron chi connectivity index (χ2n) is 7.36. The fraction of sp³-hybridized carbons (Fsp3) is 0.905. The average Bonchev–Trinajstić information content (AvgIpc) is 2.70. The molecule has 0 aromatic rings. The van der Waals surface area contributed by atoms with Crippen molar-refractivity contribution in [2.75, 3.05) is 27.4 Å². The van der Waals surface area contributed by atoms with Crippen LogP contribution in [0.15, 0.2) is 12.3 Å². The minimum Gasteiger partial charge on any atom is -0.471 e. The monoisotopic (exact) mass is 403 g/mol. The molecule has 166 valence electrons. The highest BCUT2D eigenvalue weighted by atomic mass is 16.7. The maximum absolute atomic E-state index is 10.6. The van der Waals surface area contributed by atoms with Gasteiger partial charge in [-0.25, -0.2) is 0 Å². The molecule has 6 atom stereocenters. The lowest BCUT2D eigenvalue weighted by Crippen LogP contribution is -2.63. The normalized spacial score (nSPS) is 29.3. The van der Waals surface area contributed by atoms with Crippen molar-refractivity contribution >= 4 is 0 Å². The summed E-state index contributed by atoms with van der Waals surface area (Å²) in [5.41, 5.74) is 6.25. The van der Waals surface area contributed by atoms with Gasteiger partial charge in [-0.05, 0) is 19.8 Å². The molecule has 7 nitrogen and oxygen atoms in total. The van der Waals surface area contributed by atoms with Crippen LogP contribution in [0.1, 0.15) is 58.8 Å². The third-order valence-corrected chi connectivity index (χ3v) is 5.11. The number of hydrogen-bond acceptors (Lipinski definition) is 7. The zero-order valence-electron chi connectivity index (χ0n) is 18.0. The number of ether oxygens (including phenoxy) is 5. The Bertz CT molecular complexity index is 408. The molecule has 1 heterocycles. The molecule has 0 aliphatic carbocycles. The first kappa shape index (κ1) is 25.3. The molecule has 1 rings (SSSR count). The first-order valence-corrected chi connectivity index (χ1v) is 10.6. The molecule has 0 aromatic heterocycles. The SMILES string of the molecule is C/C=C\O[C@H]1O[C@H](COC)C(O)[C@H](OCC[C@@H](CCCCCCC)OC)[C@H]1N. The van der Waals surface area contributed by atoms with Crippen LogP contribution < -0.4 is 5.73 Å². The number of nitrogens with two attached hydrogens (primary N) is 1. The van der Waals surface area contributed by atoms with Gasteiger partial charge in [0.15, 0.2) is 0 Å². The van der Waals surface area contributed by atoms with E-state index in [2.05, 4.69) is 6.92 Å². The topological polar surface area (TPSA) is 92.4 Å². The highest BCUT2D eigenvalue weighted by Crippen LogP contribution is 2.24. The first-order valence-electron chi connectivity index (χ1n) is 10.6. The summed E-state index contributed by atoms with van der Waals surface area (Å²) in [7, 11) is 3.30. The van der Waals surface area contributed by atoms with Crippen molar-refractivity contribution in [3.05, 3.63) is 12.3 Å². The average molecular weight is 404 g/mol. The fourth-order valence-electron chi connectivity index (χ4n) is 3.42. The molecule has 0 spiro atoms. The number of hydrogen-bond donors (Lipinski definition) is 2. The quantitative estimate of drug-likeness (QED) is 0.321. The van der Waals surface area contributed by atoms with Crippen LogP contribution >= 0.6 is 0 Å². The lowest BCUT2D eigenvalue weighted by atomic mass is 9.97. The predicted molar refractivity (Wildman–Crippen MR) is 109 cm³/mol. The molecule has 1 aliphatic heterocycles. The van der Waals surface area contributed by atoms with Gasteiger partial charge in [0.25, 0.3) is 0 Å². The van der Waals surface area contributed by atoms with Crippen LogP contribution in [0, 0.1) is 0 Å². The van der Waals surface area contributed by atoms with E-state index in [1.165, 1.54) is 31.9 Å². The Hall–Kier alpha value is -0.700. The molecule has 0 amide bonds. The minimum absolute atomic E-state index is 0.152. The lowest BCUT2D eigenvalue weighted by Gasteiger charge is -2.42. The van der Waals surface area contributed by atoms with E-state index in [1.54, 1.807) is 20.3 Å². The number of rotatable bonds is 15. The highest BCUT2D eigenvalue weighted by molar-refractivity contribution is 4.93. The largest absolute Gasteiger partial charge is 0.471 e. The first-order chi connectivity index (χ1) is 13.6. The third-order valence-electron chi connectivity index (χ3n) is 5.11. The molecule has 1 unspecified atom stereocenters. The van der Waals surface area contributed by atoms with Crippen molar-refractivity contribution in [3.8, 4) is 0 Å². The molecule has 0 saturated carbocycles. The Balaban J connectivity index is 2.50. The number of allylic oxidation sites excluding steroid dienone is 1. The second kappa shape index (κ2) is 15.2. The van der Waals surface area contributed by atoms with Crippen molar-refractivity contribution in [3.63, 3.8) is 0 Å². The maximum Gasteiger partial charge on any atom is 0.217 e. The van der Waals surface area contributed by atoms with E-state index < -0.39 is 30.6 Å². The zero-order chi connectivity index (χ0) is 20.8. The van der Waals surface area contributed by atoms with Crippen LogP contribution in [0.2, 0.25) is 0 Å². The molecule has 7 heteroatoms. The third kappa shape index (κ3) is 8.76. The van der Waals surface area contributed by atoms with Gasteiger partial charge in [0, 0.05) is 20.8 Å². The number of unbranched alkanes of at least 4 members (excludes halogenated alkanes) is 4. The molecule has 1 saturated heterocycles. The number of methoxy groups -OCH3 is 2. The second-order valence-corrected chi connectivity index (χ2v) is 7.36. The Kier molecular flexibility index (Phi) is 13.7. The van der Waals surface area contributed by atoms with Gasteiger partial charge in [-0.3, -0.25) is 0 Å². The van der Waals surface area contributed by atoms with Crippen molar-refractivity contribution < 1.29 is 28.8 Å². The van der Waals surface area contributed by atoms with E-state index in [0.717, 1.165) is 19.3 Å². The standard InChI is InChI=1S/C21H41NO6/c1-5-7-8-9-10-11-16(25-4)12-14-26-20-18(22)21(27-13-6-2)28-17(15-24-3)19(20)23/h6,13,16-21,23H,5,7-12,14-15,22H2,1-4H3/b13-6-/t16-,17-,18-,19?,20-,21+/m1/s1. The van der Waals surface area contributed by atoms with E-state index in [-0.39, 0.29) is 12.7 Å². The van der Waals surface area contributed by atoms with Crippen LogP contribution in [0.5, 0.6) is 0 Å². The Morgan fingerprint density at radius 2 is 1.89 bits per heavy atom. The summed E-state index contributed by atoms with van der Waals surface area (Å²) in [5.74, 6) is 0. The van der Waals surface area contributed by atoms with Gasteiger partial charge in [-0.2, -0.15) is 0 Å². The molecule has 3 N–H and O–H groups in total. The fourth-order valence-corrected chi connectivity index (χ4v) is 3.42. The summed E-state index contributed by atoms with van der Waals surface area (Å²) in [6, 6.07) is -0.602. The van der Waals surface area contributed by atoms with Gasteiger partial charge in [0.1, 0.15) is 18.3 Å². The van der Waals surface area contributed by atoms with E-state index >= 15 is 0 Å². The number of aliphatic hydroxyl groups excluding tert-OH is 1. The minimum atomic E-state index is -0.879. The van der Waals surface area contributed by atoms with E-state index in [1.807, 2.05) is 6.92 Å². The van der Waals surface area contributed by atoms with E-state index in [9.17, 15) is 5.11 Å². The Morgan fingerprint density at radius 1 is 1.14 bits per heavy atom. The van der Waals surface area contributed by atoms with Crippen LogP contribution in [-0.4, -0.2) is 69.3 Å². The summed E-state index contributed by atoms with van der Waals surface area (Å²) in [6.07, 6.45) is 8.72. The summed E-state index contributed by atoms with van der Waals surface area (Å²) in [4.78, 5) is 0. The van der Waals surface area contributed by atoms with Crippen molar-refractivity contribution in [1.82, 2.24) is 0 Å². The molecule has 1 fully saturated rings. The van der Waals surface area contributed by atoms with Gasteiger partial charge in [-0.1, -0.05) is 45.1 Å². The summed E-state index contributed by atoms with van der Waals surface area (Å²) in [5, 5.41) is 10.6. The Labute approximate surface area is 170 Å². The molecular formula is C21H41NO6. The van der Waals surface area contributed by atoms with Gasteiger partial charge in [0.05, 0.1) is 25.0 Å². The highest BCUT2D eigenvalue weighted by Gasteiger charge is 2.45. The van der Waals surface area contributed by atoms with Gasteiger partial charge >= 0.3 is 0 Å². The van der Waals surface area contributed by atoms with Crippen LogP contribution in [0.4, 0.5) is 0 Å².